The molecule has 33 heavy (non-hydrogen) atoms. The molecule has 0 aliphatic carbocycles. The second-order valence-electron chi connectivity index (χ2n) is 7.95. The normalized spacial score (nSPS) is 13.1. The average Bonchev–Trinajstić information content (AvgIpc) is 2.84. The van der Waals surface area contributed by atoms with Crippen molar-refractivity contribution in [1.82, 2.24) is 4.90 Å². The average molecular weight is 446 g/mol. The molecule has 170 valence electrons. The van der Waals surface area contributed by atoms with E-state index in [1.807, 2.05) is 60.7 Å². The topological polar surface area (TPSA) is 65.1 Å². The molecule has 1 unspecified atom stereocenters. The fraction of sp³-hybridized carbons (Fsp3) is 0.259. The van der Waals surface area contributed by atoms with Gasteiger partial charge in [0.25, 0.3) is 5.91 Å². The fourth-order valence-corrected chi connectivity index (χ4v) is 3.73. The molecule has 6 heteroatoms. The Morgan fingerprint density at radius 2 is 1.39 bits per heavy atom. The van der Waals surface area contributed by atoms with Gasteiger partial charge in [-0.1, -0.05) is 66.7 Å². The van der Waals surface area contributed by atoms with Crippen LogP contribution >= 0.6 is 0 Å². The first-order chi connectivity index (χ1) is 16.1. The van der Waals surface area contributed by atoms with Crippen LogP contribution in [0.2, 0.25) is 0 Å². The van der Waals surface area contributed by atoms with E-state index in [-0.39, 0.29) is 12.3 Å². The van der Waals surface area contributed by atoms with Crippen molar-refractivity contribution in [1.29, 1.82) is 0 Å². The van der Waals surface area contributed by atoms with Gasteiger partial charge in [-0.3, -0.25) is 9.59 Å². The molecule has 4 rings (SSSR count). The monoisotopic (exact) mass is 445 g/mol. The van der Waals surface area contributed by atoms with Crippen molar-refractivity contribution in [3.05, 3.63) is 95.6 Å². The zero-order valence-electron chi connectivity index (χ0n) is 18.6. The first-order valence-corrected chi connectivity index (χ1v) is 11.0. The van der Waals surface area contributed by atoms with E-state index in [0.717, 1.165) is 16.7 Å². The number of hydrogen-bond acceptors (Lipinski definition) is 5. The molecule has 1 atom stereocenters. The third-order valence-electron chi connectivity index (χ3n) is 5.36. The predicted molar refractivity (Wildman–Crippen MR) is 124 cm³/mol. The quantitative estimate of drug-likeness (QED) is 0.487. The van der Waals surface area contributed by atoms with E-state index in [0.29, 0.717) is 37.8 Å². The number of carbonyl (C=O) groups is 2. The largest absolute Gasteiger partial charge is 0.486 e. The lowest BCUT2D eigenvalue weighted by Gasteiger charge is -2.26. The maximum absolute atomic E-state index is 13.2. The molecule has 0 saturated carbocycles. The molecule has 1 amide bonds. The van der Waals surface area contributed by atoms with Gasteiger partial charge in [0, 0.05) is 13.1 Å². The zero-order valence-corrected chi connectivity index (χ0v) is 18.6. The first kappa shape index (κ1) is 22.4. The van der Waals surface area contributed by atoms with Gasteiger partial charge in [-0.25, -0.2) is 0 Å². The van der Waals surface area contributed by atoms with Crippen LogP contribution in [0.3, 0.4) is 0 Å². The molecule has 6 nitrogen and oxygen atoms in total. The number of benzene rings is 3. The Hall–Kier alpha value is -3.80. The van der Waals surface area contributed by atoms with Crippen molar-refractivity contribution in [2.75, 3.05) is 13.2 Å². The Balaban J connectivity index is 1.41. The minimum atomic E-state index is -0.901. The molecular formula is C27H27NO5. The highest BCUT2D eigenvalue weighted by Crippen LogP contribution is 2.31. The maximum Gasteiger partial charge on any atom is 0.311 e. The fourth-order valence-electron chi connectivity index (χ4n) is 3.73. The predicted octanol–water partition coefficient (Wildman–Crippen LogP) is 4.16. The van der Waals surface area contributed by atoms with E-state index >= 15 is 0 Å². The number of hydrogen-bond donors (Lipinski definition) is 0. The van der Waals surface area contributed by atoms with E-state index in [2.05, 4.69) is 0 Å². The summed E-state index contributed by atoms with van der Waals surface area (Å²) >= 11 is 0. The summed E-state index contributed by atoms with van der Waals surface area (Å²) in [7, 11) is 0. The van der Waals surface area contributed by atoms with E-state index in [1.54, 1.807) is 30.0 Å². The van der Waals surface area contributed by atoms with Crippen LogP contribution < -0.4 is 9.47 Å². The van der Waals surface area contributed by atoms with Crippen LogP contribution in [0.4, 0.5) is 0 Å². The molecule has 3 aromatic carbocycles. The molecule has 0 saturated heterocycles. The molecule has 0 bridgehead atoms. The molecule has 0 aromatic heterocycles. The standard InChI is InChI=1S/C27H27NO5/c1-20(33-26(29)17-23-12-13-24-25(16-23)32-15-14-31-24)27(30)28(18-21-8-4-2-5-9-21)19-22-10-6-3-7-11-22/h2-13,16,20H,14-15,17-19H2,1H3. The molecular weight excluding hydrogens is 418 g/mol. The Morgan fingerprint density at radius 3 is 2.00 bits per heavy atom. The number of fused-ring (bicyclic) bond motifs is 1. The first-order valence-electron chi connectivity index (χ1n) is 11.0. The Labute approximate surface area is 193 Å². The highest BCUT2D eigenvalue weighted by atomic mass is 16.6. The summed E-state index contributed by atoms with van der Waals surface area (Å²) in [6.45, 7) is 3.46. The summed E-state index contributed by atoms with van der Waals surface area (Å²) in [6.07, 6.45) is -0.854. The highest BCUT2D eigenvalue weighted by Gasteiger charge is 2.25. The van der Waals surface area contributed by atoms with Crippen molar-refractivity contribution >= 4 is 11.9 Å². The van der Waals surface area contributed by atoms with E-state index < -0.39 is 12.1 Å². The molecule has 1 aliphatic heterocycles. The molecule has 0 spiro atoms. The summed E-state index contributed by atoms with van der Waals surface area (Å²) in [5.41, 5.74) is 2.77. The van der Waals surface area contributed by atoms with Gasteiger partial charge in [-0.15, -0.1) is 0 Å². The van der Waals surface area contributed by atoms with Gasteiger partial charge in [0.1, 0.15) is 13.2 Å². The van der Waals surface area contributed by atoms with Crippen LogP contribution in [-0.2, 0) is 33.8 Å². The Morgan fingerprint density at radius 1 is 0.818 bits per heavy atom. The molecule has 1 heterocycles. The van der Waals surface area contributed by atoms with Crippen LogP contribution in [0, 0.1) is 0 Å². The second-order valence-corrected chi connectivity index (χ2v) is 7.95. The van der Waals surface area contributed by atoms with Crippen molar-refractivity contribution in [3.8, 4) is 11.5 Å². The molecule has 3 aromatic rings. The van der Waals surface area contributed by atoms with E-state index in [4.69, 9.17) is 14.2 Å². The van der Waals surface area contributed by atoms with Gasteiger partial charge < -0.3 is 19.1 Å². The highest BCUT2D eigenvalue weighted by molar-refractivity contribution is 5.84. The maximum atomic E-state index is 13.2. The SMILES string of the molecule is CC(OC(=O)Cc1ccc2c(c1)OCCO2)C(=O)N(Cc1ccccc1)Cc1ccccc1. The minimum Gasteiger partial charge on any atom is -0.486 e. The zero-order chi connectivity index (χ0) is 23.0. The lowest BCUT2D eigenvalue weighted by molar-refractivity contribution is -0.159. The number of ether oxygens (including phenoxy) is 3. The van der Waals surface area contributed by atoms with Crippen LogP contribution in [0.25, 0.3) is 0 Å². The Bertz CT molecular complexity index is 1040. The molecule has 0 N–H and O–H groups in total. The molecule has 0 fully saturated rings. The lowest BCUT2D eigenvalue weighted by Crippen LogP contribution is -2.39. The van der Waals surface area contributed by atoms with E-state index in [1.165, 1.54) is 0 Å². The summed E-state index contributed by atoms with van der Waals surface area (Å²) in [6, 6.07) is 24.9. The summed E-state index contributed by atoms with van der Waals surface area (Å²) in [5, 5.41) is 0. The van der Waals surface area contributed by atoms with Crippen LogP contribution in [0.1, 0.15) is 23.6 Å². The minimum absolute atomic E-state index is 0.0473. The van der Waals surface area contributed by atoms with Gasteiger partial charge in [-0.05, 0) is 35.7 Å². The van der Waals surface area contributed by atoms with E-state index in [9.17, 15) is 9.59 Å². The molecule has 0 radical (unpaired) electrons. The van der Waals surface area contributed by atoms with Crippen molar-refractivity contribution in [2.45, 2.75) is 32.5 Å². The molecule has 1 aliphatic rings. The van der Waals surface area contributed by atoms with Gasteiger partial charge in [-0.2, -0.15) is 0 Å². The van der Waals surface area contributed by atoms with Crippen molar-refractivity contribution in [2.24, 2.45) is 0 Å². The van der Waals surface area contributed by atoms with Crippen LogP contribution in [-0.4, -0.2) is 36.1 Å². The summed E-state index contributed by atoms with van der Waals surface area (Å²) < 4.78 is 16.6. The number of amides is 1. The van der Waals surface area contributed by atoms with Crippen molar-refractivity contribution in [3.63, 3.8) is 0 Å². The number of nitrogens with zero attached hydrogens (tertiary/aromatic N) is 1. The third-order valence-corrected chi connectivity index (χ3v) is 5.36. The van der Waals surface area contributed by atoms with Crippen molar-refractivity contribution < 1.29 is 23.8 Å². The van der Waals surface area contributed by atoms with Gasteiger partial charge in [0.15, 0.2) is 17.6 Å². The van der Waals surface area contributed by atoms with Crippen LogP contribution in [0.15, 0.2) is 78.9 Å². The summed E-state index contributed by atoms with van der Waals surface area (Å²) in [5.74, 6) is 0.581. The Kier molecular flexibility index (Phi) is 7.25. The van der Waals surface area contributed by atoms with Gasteiger partial charge in [0.05, 0.1) is 6.42 Å². The summed E-state index contributed by atoms with van der Waals surface area (Å²) in [4.78, 5) is 27.5. The number of carbonyl (C=O) groups excluding carboxylic acids is 2. The number of rotatable bonds is 8. The van der Waals surface area contributed by atoms with Crippen LogP contribution in [0.5, 0.6) is 11.5 Å². The third kappa shape index (κ3) is 6.13. The second kappa shape index (κ2) is 10.7. The lowest BCUT2D eigenvalue weighted by atomic mass is 10.1. The van der Waals surface area contributed by atoms with Gasteiger partial charge in [0.2, 0.25) is 0 Å². The number of esters is 1. The smallest absolute Gasteiger partial charge is 0.311 e. The van der Waals surface area contributed by atoms with Gasteiger partial charge >= 0.3 is 5.97 Å².